The number of rotatable bonds is 1. The second-order valence-electron chi connectivity index (χ2n) is 4.69. The SMILES string of the molecule is C[C@@H]1CC(c2ccccc2)=Nc2ccccc2N1. The van der Waals surface area contributed by atoms with Gasteiger partial charge in [0.2, 0.25) is 0 Å². The summed E-state index contributed by atoms with van der Waals surface area (Å²) < 4.78 is 0. The number of aliphatic imine (C=N–C) groups is 1. The normalized spacial score (nSPS) is 18.3. The van der Waals surface area contributed by atoms with Gasteiger partial charge in [0.05, 0.1) is 17.1 Å². The molecule has 0 amide bonds. The summed E-state index contributed by atoms with van der Waals surface area (Å²) in [5, 5.41) is 3.51. The minimum Gasteiger partial charge on any atom is -0.380 e. The van der Waals surface area contributed by atoms with Crippen LogP contribution >= 0.6 is 0 Å². The van der Waals surface area contributed by atoms with Crippen LogP contribution in [0.5, 0.6) is 0 Å². The fourth-order valence-electron chi connectivity index (χ4n) is 2.30. The van der Waals surface area contributed by atoms with Crippen LogP contribution in [0.25, 0.3) is 0 Å². The molecular formula is C16H16N2. The highest BCUT2D eigenvalue weighted by molar-refractivity contribution is 6.03. The van der Waals surface area contributed by atoms with Crippen molar-refractivity contribution in [2.24, 2.45) is 4.99 Å². The average molecular weight is 236 g/mol. The predicted octanol–water partition coefficient (Wildman–Crippen LogP) is 4.01. The highest BCUT2D eigenvalue weighted by Crippen LogP contribution is 2.29. The van der Waals surface area contributed by atoms with Gasteiger partial charge in [-0.05, 0) is 24.6 Å². The molecule has 1 N–H and O–H groups in total. The quantitative estimate of drug-likeness (QED) is 0.794. The fourth-order valence-corrected chi connectivity index (χ4v) is 2.30. The molecule has 2 heteroatoms. The molecule has 1 aliphatic heterocycles. The number of fused-ring (bicyclic) bond motifs is 1. The van der Waals surface area contributed by atoms with Crippen molar-refractivity contribution >= 4 is 17.1 Å². The second kappa shape index (κ2) is 4.65. The Balaban J connectivity index is 2.08. The molecule has 0 unspecified atom stereocenters. The van der Waals surface area contributed by atoms with Gasteiger partial charge in [0.25, 0.3) is 0 Å². The minimum absolute atomic E-state index is 0.396. The Hall–Kier alpha value is -2.09. The Morgan fingerprint density at radius 2 is 1.72 bits per heavy atom. The lowest BCUT2D eigenvalue weighted by Gasteiger charge is -2.13. The Labute approximate surface area is 107 Å². The fraction of sp³-hybridized carbons (Fsp3) is 0.188. The zero-order valence-corrected chi connectivity index (χ0v) is 10.4. The van der Waals surface area contributed by atoms with Crippen molar-refractivity contribution in [2.75, 3.05) is 5.32 Å². The molecular weight excluding hydrogens is 220 g/mol. The number of benzene rings is 2. The number of hydrogen-bond acceptors (Lipinski definition) is 2. The molecule has 0 bridgehead atoms. The summed E-state index contributed by atoms with van der Waals surface area (Å²) in [4.78, 5) is 4.81. The van der Waals surface area contributed by atoms with E-state index in [2.05, 4.69) is 48.6 Å². The van der Waals surface area contributed by atoms with Crippen LogP contribution in [0.3, 0.4) is 0 Å². The van der Waals surface area contributed by atoms with E-state index in [1.807, 2.05) is 18.2 Å². The van der Waals surface area contributed by atoms with Crippen LogP contribution in [0.1, 0.15) is 18.9 Å². The first-order valence-corrected chi connectivity index (χ1v) is 6.31. The summed E-state index contributed by atoms with van der Waals surface area (Å²) in [6, 6.07) is 19.0. The third kappa shape index (κ3) is 2.14. The van der Waals surface area contributed by atoms with Crippen molar-refractivity contribution in [1.29, 1.82) is 0 Å². The van der Waals surface area contributed by atoms with Gasteiger partial charge < -0.3 is 5.32 Å². The van der Waals surface area contributed by atoms with Crippen molar-refractivity contribution in [1.82, 2.24) is 0 Å². The number of para-hydroxylation sites is 2. The second-order valence-corrected chi connectivity index (χ2v) is 4.69. The molecule has 18 heavy (non-hydrogen) atoms. The maximum absolute atomic E-state index is 4.81. The van der Waals surface area contributed by atoms with Crippen LogP contribution in [-0.4, -0.2) is 11.8 Å². The molecule has 3 rings (SSSR count). The van der Waals surface area contributed by atoms with Crippen molar-refractivity contribution in [3.63, 3.8) is 0 Å². The predicted molar refractivity (Wildman–Crippen MR) is 76.8 cm³/mol. The van der Waals surface area contributed by atoms with Crippen LogP contribution in [0.4, 0.5) is 11.4 Å². The molecule has 1 heterocycles. The van der Waals surface area contributed by atoms with Gasteiger partial charge in [0.15, 0.2) is 0 Å². The summed E-state index contributed by atoms with van der Waals surface area (Å²) in [6.07, 6.45) is 0.943. The Morgan fingerprint density at radius 3 is 2.56 bits per heavy atom. The average Bonchev–Trinajstić information content (AvgIpc) is 2.57. The largest absolute Gasteiger partial charge is 0.380 e. The summed E-state index contributed by atoms with van der Waals surface area (Å²) in [5.41, 5.74) is 4.51. The number of nitrogens with zero attached hydrogens (tertiary/aromatic N) is 1. The van der Waals surface area contributed by atoms with E-state index in [1.165, 1.54) is 5.56 Å². The minimum atomic E-state index is 0.396. The summed E-state index contributed by atoms with van der Waals surface area (Å²) in [5.74, 6) is 0. The highest BCUT2D eigenvalue weighted by atomic mass is 15.0. The highest BCUT2D eigenvalue weighted by Gasteiger charge is 2.15. The third-order valence-electron chi connectivity index (χ3n) is 3.17. The molecule has 0 saturated carbocycles. The summed E-state index contributed by atoms with van der Waals surface area (Å²) in [6.45, 7) is 2.19. The molecule has 0 saturated heterocycles. The van der Waals surface area contributed by atoms with E-state index in [-0.39, 0.29) is 0 Å². The Bertz CT molecular complexity index is 573. The molecule has 0 aromatic heterocycles. The van der Waals surface area contributed by atoms with Crippen LogP contribution in [-0.2, 0) is 0 Å². The smallest absolute Gasteiger partial charge is 0.0864 e. The van der Waals surface area contributed by atoms with Gasteiger partial charge >= 0.3 is 0 Å². The number of anilines is 1. The first-order chi connectivity index (χ1) is 8.83. The van der Waals surface area contributed by atoms with E-state index in [9.17, 15) is 0 Å². The van der Waals surface area contributed by atoms with Gasteiger partial charge in [-0.1, -0.05) is 42.5 Å². The van der Waals surface area contributed by atoms with E-state index in [1.54, 1.807) is 0 Å². The molecule has 2 aromatic rings. The maximum Gasteiger partial charge on any atom is 0.0864 e. The van der Waals surface area contributed by atoms with Crippen molar-refractivity contribution in [3.05, 3.63) is 60.2 Å². The van der Waals surface area contributed by atoms with E-state index in [4.69, 9.17) is 4.99 Å². The van der Waals surface area contributed by atoms with Crippen molar-refractivity contribution in [3.8, 4) is 0 Å². The molecule has 0 fully saturated rings. The zero-order chi connectivity index (χ0) is 12.4. The van der Waals surface area contributed by atoms with Gasteiger partial charge in [-0.3, -0.25) is 4.99 Å². The van der Waals surface area contributed by atoms with Crippen LogP contribution < -0.4 is 5.32 Å². The van der Waals surface area contributed by atoms with Gasteiger partial charge in [0, 0.05) is 12.5 Å². The lowest BCUT2D eigenvalue weighted by Crippen LogP contribution is -2.18. The van der Waals surface area contributed by atoms with Crippen molar-refractivity contribution < 1.29 is 0 Å². The van der Waals surface area contributed by atoms with Gasteiger partial charge in [-0.15, -0.1) is 0 Å². The summed E-state index contributed by atoms with van der Waals surface area (Å²) in [7, 11) is 0. The van der Waals surface area contributed by atoms with Gasteiger partial charge in [-0.2, -0.15) is 0 Å². The molecule has 2 nitrogen and oxygen atoms in total. The monoisotopic (exact) mass is 236 g/mol. The first kappa shape index (κ1) is 11.0. The van der Waals surface area contributed by atoms with Crippen LogP contribution in [0, 0.1) is 0 Å². The molecule has 0 radical (unpaired) electrons. The molecule has 90 valence electrons. The lowest BCUT2D eigenvalue weighted by molar-refractivity contribution is 0.844. The maximum atomic E-state index is 4.81. The third-order valence-corrected chi connectivity index (χ3v) is 3.17. The number of nitrogens with one attached hydrogen (secondary N) is 1. The molecule has 0 spiro atoms. The topological polar surface area (TPSA) is 24.4 Å². The van der Waals surface area contributed by atoms with E-state index in [0.29, 0.717) is 6.04 Å². The van der Waals surface area contributed by atoms with E-state index in [0.717, 1.165) is 23.5 Å². The van der Waals surface area contributed by atoms with Crippen LogP contribution in [0.15, 0.2) is 59.6 Å². The van der Waals surface area contributed by atoms with Crippen LogP contribution in [0.2, 0.25) is 0 Å². The van der Waals surface area contributed by atoms with E-state index < -0.39 is 0 Å². The van der Waals surface area contributed by atoms with E-state index >= 15 is 0 Å². The first-order valence-electron chi connectivity index (χ1n) is 6.31. The lowest BCUT2D eigenvalue weighted by atomic mass is 10.0. The molecule has 1 aliphatic rings. The Morgan fingerprint density at radius 1 is 1.00 bits per heavy atom. The van der Waals surface area contributed by atoms with Crippen molar-refractivity contribution in [2.45, 2.75) is 19.4 Å². The molecule has 1 atom stereocenters. The van der Waals surface area contributed by atoms with Gasteiger partial charge in [-0.25, -0.2) is 0 Å². The zero-order valence-electron chi connectivity index (χ0n) is 10.4. The standard InChI is InChI=1S/C16H16N2/c1-12-11-16(13-7-3-2-4-8-13)18-15-10-6-5-9-14(15)17-12/h2-10,12,17H,11H2,1H3/t12-/m1/s1. The number of hydrogen-bond donors (Lipinski definition) is 1. The molecule has 0 aliphatic carbocycles. The Kier molecular flexibility index (Phi) is 2.85. The molecule has 2 aromatic carbocycles. The van der Waals surface area contributed by atoms with Gasteiger partial charge in [0.1, 0.15) is 0 Å². The summed E-state index contributed by atoms with van der Waals surface area (Å²) >= 11 is 0.